The Morgan fingerprint density at radius 2 is 0.852 bits per heavy atom. The maximum Gasteiger partial charge on any atom is 0.139 e. The average molecular weight is 342 g/mol. The predicted octanol–water partition coefficient (Wildman–Crippen LogP) is 5.59. The van der Waals surface area contributed by atoms with Crippen molar-refractivity contribution >= 4 is 34.9 Å². The van der Waals surface area contributed by atoms with Gasteiger partial charge in [0.2, 0.25) is 0 Å². The smallest absolute Gasteiger partial charge is 0.0884 e. The van der Waals surface area contributed by atoms with Gasteiger partial charge in [-0.3, -0.25) is 0 Å². The van der Waals surface area contributed by atoms with E-state index in [1.54, 1.807) is 0 Å². The van der Waals surface area contributed by atoms with Crippen molar-refractivity contribution in [3.63, 3.8) is 0 Å². The molecule has 5 aromatic rings. The molecule has 0 aliphatic rings. The summed E-state index contributed by atoms with van der Waals surface area (Å²) in [6, 6.07) is 37.1. The van der Waals surface area contributed by atoms with Crippen molar-refractivity contribution in [1.29, 1.82) is 0 Å². The lowest BCUT2D eigenvalue weighted by Gasteiger charge is -2.17. The molecule has 0 N–H and O–H groups in total. The topological polar surface area (TPSA) is 0 Å². The van der Waals surface area contributed by atoms with Crippen molar-refractivity contribution in [2.24, 2.45) is 0 Å². The van der Waals surface area contributed by atoms with E-state index in [1.807, 2.05) is 0 Å². The molecule has 0 spiro atoms. The minimum absolute atomic E-state index is 1.26. The molecule has 0 aliphatic carbocycles. The summed E-state index contributed by atoms with van der Waals surface area (Å²) in [5.41, 5.74) is 6.47. The number of benzene rings is 5. The summed E-state index contributed by atoms with van der Waals surface area (Å²) in [7, 11) is 2.16. The average Bonchev–Trinajstić information content (AvgIpc) is 2.72. The first-order valence-electron chi connectivity index (χ1n) is 9.39. The van der Waals surface area contributed by atoms with E-state index in [0.29, 0.717) is 0 Å². The van der Waals surface area contributed by atoms with Crippen molar-refractivity contribution in [2.45, 2.75) is 0 Å². The highest BCUT2D eigenvalue weighted by Crippen LogP contribution is 2.43. The monoisotopic (exact) mass is 342 g/mol. The number of hydrogen-bond donors (Lipinski definition) is 0. The lowest BCUT2D eigenvalue weighted by atomic mass is 9.84. The van der Waals surface area contributed by atoms with Gasteiger partial charge in [0.15, 0.2) is 0 Å². The zero-order chi connectivity index (χ0) is 18.2. The second-order valence-electron chi connectivity index (χ2n) is 7.08. The minimum Gasteiger partial charge on any atom is -0.0884 e. The van der Waals surface area contributed by atoms with E-state index in [2.05, 4.69) is 111 Å². The number of rotatable bonds is 2. The number of fused-ring (bicyclic) bond motifs is 2. The third-order valence-electron chi connectivity index (χ3n) is 5.30. The van der Waals surface area contributed by atoms with Crippen LogP contribution >= 0.6 is 0 Å². The largest absolute Gasteiger partial charge is 0.139 e. The molecule has 0 amide bonds. The maximum absolute atomic E-state index is 2.29. The van der Waals surface area contributed by atoms with Crippen LogP contribution in [0, 0.1) is 0 Å². The highest BCUT2D eigenvalue weighted by Gasteiger charge is 2.15. The second-order valence-corrected chi connectivity index (χ2v) is 7.08. The zero-order valence-electron chi connectivity index (χ0n) is 15.3. The van der Waals surface area contributed by atoms with Gasteiger partial charge in [0.05, 0.1) is 0 Å². The summed E-state index contributed by atoms with van der Waals surface area (Å²) < 4.78 is 0. The van der Waals surface area contributed by atoms with Crippen LogP contribution in [0.25, 0.3) is 43.8 Å². The standard InChI is InChI=1S/C26H19B/c27-20-12-8-11-19(17-20)26-23-15-6-4-13-21(23)25(18-9-2-1-3-10-18)22-14-5-7-16-24(22)26/h1-17H,27H2. The molecule has 0 fully saturated rings. The fraction of sp³-hybridized carbons (Fsp3) is 0. The van der Waals surface area contributed by atoms with E-state index >= 15 is 0 Å². The normalized spacial score (nSPS) is 11.1. The molecule has 1 heteroatoms. The molecule has 0 saturated heterocycles. The van der Waals surface area contributed by atoms with Crippen LogP contribution in [0.2, 0.25) is 0 Å². The van der Waals surface area contributed by atoms with Gasteiger partial charge in [0, 0.05) is 0 Å². The van der Waals surface area contributed by atoms with Crippen molar-refractivity contribution in [3.8, 4) is 22.3 Å². The molecular formula is C26H19B. The molecule has 0 aliphatic heterocycles. The summed E-state index contributed by atoms with van der Waals surface area (Å²) in [6.45, 7) is 0. The zero-order valence-corrected chi connectivity index (χ0v) is 15.3. The molecule has 5 aromatic carbocycles. The van der Waals surface area contributed by atoms with E-state index in [1.165, 1.54) is 49.3 Å². The lowest BCUT2D eigenvalue weighted by molar-refractivity contribution is 1.66. The van der Waals surface area contributed by atoms with Crippen LogP contribution in [-0.2, 0) is 0 Å². The van der Waals surface area contributed by atoms with Gasteiger partial charge in [-0.1, -0.05) is 109 Å². The first-order valence-corrected chi connectivity index (χ1v) is 9.39. The van der Waals surface area contributed by atoms with Crippen LogP contribution in [0.15, 0.2) is 103 Å². The van der Waals surface area contributed by atoms with Crippen LogP contribution in [0.1, 0.15) is 0 Å². The Balaban J connectivity index is 2.01. The van der Waals surface area contributed by atoms with Gasteiger partial charge in [-0.2, -0.15) is 0 Å². The number of hydrogen-bond acceptors (Lipinski definition) is 0. The SMILES string of the molecule is Bc1cccc(-c2c3ccccc3c(-c3ccccc3)c3ccccc23)c1. The predicted molar refractivity (Wildman–Crippen MR) is 121 cm³/mol. The highest BCUT2D eigenvalue weighted by molar-refractivity contribution is 6.33. The highest BCUT2D eigenvalue weighted by atomic mass is 14.2. The van der Waals surface area contributed by atoms with E-state index in [4.69, 9.17) is 0 Å². The van der Waals surface area contributed by atoms with Gasteiger partial charge in [-0.15, -0.1) is 0 Å². The van der Waals surface area contributed by atoms with Crippen molar-refractivity contribution < 1.29 is 0 Å². The molecule has 0 atom stereocenters. The molecule has 0 unspecified atom stereocenters. The van der Waals surface area contributed by atoms with Crippen molar-refractivity contribution in [2.75, 3.05) is 0 Å². The molecule has 0 radical (unpaired) electrons. The summed E-state index contributed by atoms with van der Waals surface area (Å²) in [4.78, 5) is 0. The van der Waals surface area contributed by atoms with Crippen LogP contribution in [0.5, 0.6) is 0 Å². The Morgan fingerprint density at radius 1 is 0.407 bits per heavy atom. The summed E-state index contributed by atoms with van der Waals surface area (Å²) in [6.07, 6.45) is 0. The summed E-state index contributed by atoms with van der Waals surface area (Å²) in [5.74, 6) is 0. The molecule has 5 rings (SSSR count). The molecule has 0 saturated carbocycles. The Bertz CT molecular complexity index is 1210. The van der Waals surface area contributed by atoms with E-state index in [9.17, 15) is 0 Å². The third-order valence-corrected chi connectivity index (χ3v) is 5.30. The fourth-order valence-electron chi connectivity index (χ4n) is 4.16. The maximum atomic E-state index is 2.29. The quantitative estimate of drug-likeness (QED) is 0.290. The first-order chi connectivity index (χ1) is 13.3. The van der Waals surface area contributed by atoms with Crippen molar-refractivity contribution in [1.82, 2.24) is 0 Å². The van der Waals surface area contributed by atoms with Gasteiger partial charge >= 0.3 is 0 Å². The Kier molecular flexibility index (Phi) is 3.80. The van der Waals surface area contributed by atoms with Gasteiger partial charge in [-0.25, -0.2) is 0 Å². The third kappa shape index (κ3) is 2.64. The van der Waals surface area contributed by atoms with E-state index < -0.39 is 0 Å². The molecule has 126 valence electrons. The molecule has 27 heavy (non-hydrogen) atoms. The van der Waals surface area contributed by atoms with Crippen LogP contribution in [-0.4, -0.2) is 7.85 Å². The molecule has 0 bridgehead atoms. The second kappa shape index (κ2) is 6.44. The van der Waals surface area contributed by atoms with Crippen molar-refractivity contribution in [3.05, 3.63) is 103 Å². The van der Waals surface area contributed by atoms with E-state index in [-0.39, 0.29) is 0 Å². The van der Waals surface area contributed by atoms with Crippen LogP contribution in [0.3, 0.4) is 0 Å². The van der Waals surface area contributed by atoms with Gasteiger partial charge in [0.25, 0.3) is 0 Å². The summed E-state index contributed by atoms with van der Waals surface area (Å²) >= 11 is 0. The first kappa shape index (κ1) is 15.9. The van der Waals surface area contributed by atoms with Gasteiger partial charge in [-0.05, 0) is 43.8 Å². The van der Waals surface area contributed by atoms with Crippen LogP contribution < -0.4 is 5.46 Å². The lowest BCUT2D eigenvalue weighted by Crippen LogP contribution is -2.01. The van der Waals surface area contributed by atoms with E-state index in [0.717, 1.165) is 0 Å². The summed E-state index contributed by atoms with van der Waals surface area (Å²) in [5, 5.41) is 5.22. The van der Waals surface area contributed by atoms with Gasteiger partial charge < -0.3 is 0 Å². The molecular weight excluding hydrogens is 323 g/mol. The molecule has 0 nitrogen and oxygen atoms in total. The Morgan fingerprint density at radius 3 is 1.37 bits per heavy atom. The molecule has 0 heterocycles. The van der Waals surface area contributed by atoms with Crippen LogP contribution in [0.4, 0.5) is 0 Å². The fourth-order valence-corrected chi connectivity index (χ4v) is 4.16. The van der Waals surface area contributed by atoms with Gasteiger partial charge in [0.1, 0.15) is 7.85 Å². The Labute approximate surface area is 160 Å². The minimum atomic E-state index is 1.26. The Hall–Kier alpha value is -3.32. The molecule has 0 aromatic heterocycles.